The molecule has 0 aliphatic heterocycles. The molecule has 1 fully saturated rings. The van der Waals surface area contributed by atoms with Crippen LogP contribution in [0, 0.1) is 0 Å². The molecule has 7 heteroatoms. The Labute approximate surface area is 181 Å². The normalized spacial score (nSPS) is 18.5. The zero-order chi connectivity index (χ0) is 21.4. The highest BCUT2D eigenvalue weighted by atomic mass is 16.1. The van der Waals surface area contributed by atoms with E-state index < -0.39 is 0 Å². The molecule has 0 saturated heterocycles. The van der Waals surface area contributed by atoms with Gasteiger partial charge in [0.05, 0.1) is 29.6 Å². The SMILES string of the molecule is CCC(=O)N[C@H]1CC[C@@H](n2nncc2-c2ccc(-c3ccc4c(cnn4C)c3)cc2)C1. The summed E-state index contributed by atoms with van der Waals surface area (Å²) in [5.74, 6) is 0.115. The van der Waals surface area contributed by atoms with Crippen molar-refractivity contribution >= 4 is 16.8 Å². The van der Waals surface area contributed by atoms with E-state index in [4.69, 9.17) is 0 Å². The molecule has 7 nitrogen and oxygen atoms in total. The minimum absolute atomic E-state index is 0.115. The number of nitrogens with zero attached hydrogens (tertiary/aromatic N) is 5. The minimum Gasteiger partial charge on any atom is -0.353 e. The lowest BCUT2D eigenvalue weighted by molar-refractivity contribution is -0.121. The Morgan fingerprint density at radius 2 is 1.84 bits per heavy atom. The molecule has 2 heterocycles. The zero-order valence-corrected chi connectivity index (χ0v) is 17.8. The van der Waals surface area contributed by atoms with Gasteiger partial charge in [0.15, 0.2) is 0 Å². The minimum atomic E-state index is 0.115. The van der Waals surface area contributed by atoms with Crippen molar-refractivity contribution in [2.45, 2.75) is 44.7 Å². The molecule has 2 aromatic heterocycles. The summed E-state index contributed by atoms with van der Waals surface area (Å²) in [6.45, 7) is 1.88. The van der Waals surface area contributed by atoms with Crippen molar-refractivity contribution in [2.75, 3.05) is 0 Å². The molecule has 1 amide bonds. The summed E-state index contributed by atoms with van der Waals surface area (Å²) in [6.07, 6.45) is 7.12. The molecule has 5 rings (SSSR count). The highest BCUT2D eigenvalue weighted by Gasteiger charge is 2.29. The van der Waals surface area contributed by atoms with Gasteiger partial charge in [0.2, 0.25) is 5.91 Å². The van der Waals surface area contributed by atoms with E-state index in [1.54, 1.807) is 0 Å². The number of aromatic nitrogens is 5. The van der Waals surface area contributed by atoms with Gasteiger partial charge in [-0.25, -0.2) is 4.68 Å². The second-order valence-electron chi connectivity index (χ2n) is 8.27. The molecule has 1 N–H and O–H groups in total. The molecule has 1 aliphatic rings. The van der Waals surface area contributed by atoms with Crippen molar-refractivity contribution in [1.29, 1.82) is 0 Å². The highest BCUT2D eigenvalue weighted by Crippen LogP contribution is 2.34. The van der Waals surface area contributed by atoms with Crippen molar-refractivity contribution < 1.29 is 4.79 Å². The number of fused-ring (bicyclic) bond motifs is 1. The Morgan fingerprint density at radius 3 is 2.65 bits per heavy atom. The smallest absolute Gasteiger partial charge is 0.219 e. The molecule has 0 bridgehead atoms. The van der Waals surface area contributed by atoms with Crippen LogP contribution in [-0.2, 0) is 11.8 Å². The third kappa shape index (κ3) is 3.71. The fraction of sp³-hybridized carbons (Fsp3) is 0.333. The molecule has 4 aromatic rings. The van der Waals surface area contributed by atoms with Crippen LogP contribution in [0.2, 0.25) is 0 Å². The van der Waals surface area contributed by atoms with Crippen LogP contribution in [-0.4, -0.2) is 36.7 Å². The Morgan fingerprint density at radius 1 is 1.06 bits per heavy atom. The van der Waals surface area contributed by atoms with E-state index in [1.807, 2.05) is 35.7 Å². The third-order valence-corrected chi connectivity index (χ3v) is 6.27. The van der Waals surface area contributed by atoms with E-state index in [0.29, 0.717) is 6.42 Å². The van der Waals surface area contributed by atoms with Crippen LogP contribution < -0.4 is 5.32 Å². The molecule has 1 saturated carbocycles. The van der Waals surface area contributed by atoms with Gasteiger partial charge in [0, 0.05) is 30.5 Å². The maximum absolute atomic E-state index is 11.7. The lowest BCUT2D eigenvalue weighted by Crippen LogP contribution is -2.32. The van der Waals surface area contributed by atoms with Gasteiger partial charge < -0.3 is 5.32 Å². The lowest BCUT2D eigenvalue weighted by atomic mass is 10.0. The summed E-state index contributed by atoms with van der Waals surface area (Å²) in [4.78, 5) is 11.7. The number of benzene rings is 2. The summed E-state index contributed by atoms with van der Waals surface area (Å²) < 4.78 is 3.91. The van der Waals surface area contributed by atoms with E-state index in [2.05, 4.69) is 63.2 Å². The summed E-state index contributed by atoms with van der Waals surface area (Å²) in [6, 6.07) is 15.4. The van der Waals surface area contributed by atoms with Crippen LogP contribution in [0.3, 0.4) is 0 Å². The van der Waals surface area contributed by atoms with Crippen LogP contribution in [0.5, 0.6) is 0 Å². The molecule has 2 aromatic carbocycles. The largest absolute Gasteiger partial charge is 0.353 e. The number of hydrogen-bond acceptors (Lipinski definition) is 4. The van der Waals surface area contributed by atoms with Gasteiger partial charge in [-0.05, 0) is 42.5 Å². The summed E-state index contributed by atoms with van der Waals surface area (Å²) in [5, 5.41) is 17.1. The monoisotopic (exact) mass is 414 g/mol. The van der Waals surface area contributed by atoms with Crippen molar-refractivity contribution in [2.24, 2.45) is 7.05 Å². The molecule has 1 aliphatic carbocycles. The van der Waals surface area contributed by atoms with Gasteiger partial charge in [-0.15, -0.1) is 5.10 Å². The van der Waals surface area contributed by atoms with Crippen molar-refractivity contribution in [3.8, 4) is 22.4 Å². The number of carbonyl (C=O) groups excluding carboxylic acids is 1. The Kier molecular flexibility index (Phi) is 5.02. The van der Waals surface area contributed by atoms with Crippen LogP contribution in [0.25, 0.3) is 33.3 Å². The second-order valence-corrected chi connectivity index (χ2v) is 8.27. The fourth-order valence-corrected chi connectivity index (χ4v) is 4.54. The van der Waals surface area contributed by atoms with Gasteiger partial charge in [-0.2, -0.15) is 5.10 Å². The molecular weight excluding hydrogens is 388 g/mol. The number of rotatable bonds is 5. The van der Waals surface area contributed by atoms with Crippen molar-refractivity contribution in [3.05, 3.63) is 54.9 Å². The van der Waals surface area contributed by atoms with E-state index in [0.717, 1.165) is 47.0 Å². The number of aryl methyl sites for hydroxylation is 1. The topological polar surface area (TPSA) is 77.6 Å². The Balaban J connectivity index is 1.36. The maximum atomic E-state index is 11.7. The third-order valence-electron chi connectivity index (χ3n) is 6.27. The zero-order valence-electron chi connectivity index (χ0n) is 17.8. The van der Waals surface area contributed by atoms with Crippen molar-refractivity contribution in [3.63, 3.8) is 0 Å². The van der Waals surface area contributed by atoms with Gasteiger partial charge in [0.1, 0.15) is 0 Å². The number of hydrogen-bond donors (Lipinski definition) is 1. The lowest BCUT2D eigenvalue weighted by Gasteiger charge is -2.15. The Bertz CT molecular complexity index is 1220. The quantitative estimate of drug-likeness (QED) is 0.533. The van der Waals surface area contributed by atoms with Gasteiger partial charge in [0.25, 0.3) is 0 Å². The Hall–Kier alpha value is -3.48. The van der Waals surface area contributed by atoms with E-state index in [9.17, 15) is 4.79 Å². The van der Waals surface area contributed by atoms with E-state index >= 15 is 0 Å². The second kappa shape index (κ2) is 7.98. The van der Waals surface area contributed by atoms with E-state index in [1.165, 1.54) is 5.56 Å². The predicted octanol–water partition coefficient (Wildman–Crippen LogP) is 4.12. The molecule has 158 valence electrons. The summed E-state index contributed by atoms with van der Waals surface area (Å²) in [7, 11) is 1.96. The fourth-order valence-electron chi connectivity index (χ4n) is 4.54. The highest BCUT2D eigenvalue weighted by molar-refractivity contribution is 5.84. The standard InChI is InChI=1S/C24H26N6O/c1-3-24(31)27-20-9-10-21(13-20)30-23(15-25-28-30)17-6-4-16(5-7-17)18-8-11-22-19(12-18)14-26-29(22)2/h4-8,11-12,14-15,20-21H,3,9-10,13H2,1-2H3,(H,27,31)/t20-,21+/m0/s1. The van der Waals surface area contributed by atoms with E-state index in [-0.39, 0.29) is 18.0 Å². The first-order chi connectivity index (χ1) is 15.1. The average Bonchev–Trinajstić information content (AvgIpc) is 3.54. The first-order valence-electron chi connectivity index (χ1n) is 10.8. The first-order valence-corrected chi connectivity index (χ1v) is 10.8. The first kappa shape index (κ1) is 19.5. The number of amides is 1. The van der Waals surface area contributed by atoms with Crippen LogP contribution in [0.4, 0.5) is 0 Å². The molecular formula is C24H26N6O. The number of nitrogens with one attached hydrogen (secondary N) is 1. The summed E-state index contributed by atoms with van der Waals surface area (Å²) in [5.41, 5.74) is 5.57. The molecule has 2 atom stereocenters. The van der Waals surface area contributed by atoms with Crippen LogP contribution in [0.1, 0.15) is 38.6 Å². The molecule has 0 radical (unpaired) electrons. The number of carbonyl (C=O) groups is 1. The van der Waals surface area contributed by atoms with Gasteiger partial charge in [-0.3, -0.25) is 9.48 Å². The molecule has 31 heavy (non-hydrogen) atoms. The van der Waals surface area contributed by atoms with Crippen LogP contribution in [0.15, 0.2) is 54.9 Å². The van der Waals surface area contributed by atoms with Gasteiger partial charge >= 0.3 is 0 Å². The van der Waals surface area contributed by atoms with Crippen molar-refractivity contribution in [1.82, 2.24) is 30.1 Å². The van der Waals surface area contributed by atoms with Crippen LogP contribution >= 0.6 is 0 Å². The molecule has 0 unspecified atom stereocenters. The maximum Gasteiger partial charge on any atom is 0.219 e. The average molecular weight is 415 g/mol. The molecule has 0 spiro atoms. The predicted molar refractivity (Wildman–Crippen MR) is 120 cm³/mol. The van der Waals surface area contributed by atoms with Gasteiger partial charge in [-0.1, -0.05) is 42.5 Å². The summed E-state index contributed by atoms with van der Waals surface area (Å²) >= 11 is 0.